The Morgan fingerprint density at radius 1 is 1.17 bits per heavy atom. The first kappa shape index (κ1) is 18.6. The van der Waals surface area contributed by atoms with Crippen molar-refractivity contribution in [2.45, 2.75) is 25.0 Å². The number of aromatic nitrogens is 1. The van der Waals surface area contributed by atoms with Crippen LogP contribution in [0.15, 0.2) is 60.2 Å². The number of benzene rings is 2. The predicted molar refractivity (Wildman–Crippen MR) is 107 cm³/mol. The molecule has 1 aliphatic rings. The maximum atomic E-state index is 12.7. The van der Waals surface area contributed by atoms with E-state index in [-0.39, 0.29) is 0 Å². The Morgan fingerprint density at radius 2 is 1.97 bits per heavy atom. The topological polar surface area (TPSA) is 25.4 Å². The van der Waals surface area contributed by atoms with Crippen molar-refractivity contribution in [2.75, 3.05) is 19.7 Å². The summed E-state index contributed by atoms with van der Waals surface area (Å²) < 4.78 is 53.0. The van der Waals surface area contributed by atoms with Crippen molar-refractivity contribution < 1.29 is 19.3 Å². The van der Waals surface area contributed by atoms with Gasteiger partial charge in [0.05, 0.1) is 25.1 Å². The molecule has 0 radical (unpaired) electrons. The van der Waals surface area contributed by atoms with E-state index in [1.54, 1.807) is 11.7 Å². The predicted octanol–water partition coefficient (Wildman–Crippen LogP) is 5.58. The third kappa shape index (κ3) is 4.62. The van der Waals surface area contributed by atoms with Crippen LogP contribution in [0.3, 0.4) is 0 Å². The fraction of sp³-hybridized carbons (Fsp3) is 0.318. The molecule has 1 unspecified atom stereocenters. The molecule has 0 amide bonds. The van der Waals surface area contributed by atoms with Gasteiger partial charge in [0.1, 0.15) is 5.75 Å². The van der Waals surface area contributed by atoms with Crippen molar-refractivity contribution in [3.63, 3.8) is 0 Å². The summed E-state index contributed by atoms with van der Waals surface area (Å²) in [7, 11) is 0. The first-order valence-corrected chi connectivity index (χ1v) is 10.3. The van der Waals surface area contributed by atoms with Crippen LogP contribution in [0.25, 0.3) is 0 Å². The Balaban J connectivity index is 1.42. The van der Waals surface area contributed by atoms with Crippen molar-refractivity contribution in [1.82, 2.24) is 9.88 Å². The molecule has 152 valence electrons. The van der Waals surface area contributed by atoms with E-state index in [4.69, 9.17) is 4.74 Å². The number of alkyl halides is 3. The molecule has 0 N–H and O–H groups in total. The summed E-state index contributed by atoms with van der Waals surface area (Å²) in [5, 5.41) is 0. The third-order valence-electron chi connectivity index (χ3n) is 4.93. The summed E-state index contributed by atoms with van der Waals surface area (Å²) in [6.07, 6.45) is -1.07. The highest BCUT2D eigenvalue weighted by atomic mass is 32.1. The van der Waals surface area contributed by atoms with Crippen LogP contribution in [-0.2, 0) is 12.6 Å². The van der Waals surface area contributed by atoms with Gasteiger partial charge in [-0.25, -0.2) is 0 Å². The van der Waals surface area contributed by atoms with E-state index in [2.05, 4.69) is 16.0 Å². The molecule has 3 aromatic rings. The lowest BCUT2D eigenvalue weighted by molar-refractivity contribution is -0.137. The fourth-order valence-corrected chi connectivity index (χ4v) is 4.25. The number of ether oxygens (including phenoxy) is 1. The van der Waals surface area contributed by atoms with Gasteiger partial charge in [-0.05, 0) is 48.2 Å². The molecule has 0 aliphatic carbocycles. The highest BCUT2D eigenvalue weighted by Crippen LogP contribution is 2.36. The SMILES string of the molecule is [2H]C1(c2cncs2)c2ccccc2CCN1CCCOc1ccc(C(F)(F)F)cc1. The number of rotatable bonds is 6. The summed E-state index contributed by atoms with van der Waals surface area (Å²) in [6, 6.07) is 11.8. The number of nitrogens with zero attached hydrogens (tertiary/aromatic N) is 2. The number of halogens is 3. The van der Waals surface area contributed by atoms with Gasteiger partial charge in [0, 0.05) is 24.2 Å². The number of hydrogen-bond donors (Lipinski definition) is 0. The molecule has 2 aromatic carbocycles. The van der Waals surface area contributed by atoms with Crippen LogP contribution in [0, 0.1) is 0 Å². The minimum absolute atomic E-state index is 0.363. The molecule has 0 fully saturated rings. The summed E-state index contributed by atoms with van der Waals surface area (Å²) in [5.41, 5.74) is 3.21. The lowest BCUT2D eigenvalue weighted by Crippen LogP contribution is -2.36. The van der Waals surface area contributed by atoms with Crippen LogP contribution in [-0.4, -0.2) is 29.6 Å². The zero-order valence-electron chi connectivity index (χ0n) is 16.7. The van der Waals surface area contributed by atoms with Crippen LogP contribution in [0.1, 0.15) is 35.4 Å². The third-order valence-corrected chi connectivity index (χ3v) is 5.71. The van der Waals surface area contributed by atoms with Crippen LogP contribution < -0.4 is 4.74 Å². The highest BCUT2D eigenvalue weighted by molar-refractivity contribution is 7.09. The quantitative estimate of drug-likeness (QED) is 0.488. The highest BCUT2D eigenvalue weighted by Gasteiger charge is 2.30. The van der Waals surface area contributed by atoms with Crippen LogP contribution in [0.2, 0.25) is 0 Å². The van der Waals surface area contributed by atoms with Crippen LogP contribution in [0.4, 0.5) is 13.2 Å². The van der Waals surface area contributed by atoms with Crippen molar-refractivity contribution in [1.29, 1.82) is 0 Å². The zero-order chi connectivity index (χ0) is 21.2. The van der Waals surface area contributed by atoms with Crippen LogP contribution in [0.5, 0.6) is 5.75 Å². The van der Waals surface area contributed by atoms with E-state index in [0.717, 1.165) is 35.5 Å². The van der Waals surface area contributed by atoms with Crippen molar-refractivity contribution in [2.24, 2.45) is 0 Å². The van der Waals surface area contributed by atoms with Gasteiger partial charge in [0.15, 0.2) is 0 Å². The molecular formula is C22H21F3N2OS. The summed E-state index contributed by atoms with van der Waals surface area (Å²) in [6.45, 7) is 1.75. The Hall–Kier alpha value is -2.38. The van der Waals surface area contributed by atoms with E-state index < -0.39 is 17.8 Å². The Labute approximate surface area is 173 Å². The monoisotopic (exact) mass is 419 g/mol. The Morgan fingerprint density at radius 3 is 2.69 bits per heavy atom. The smallest absolute Gasteiger partial charge is 0.416 e. The maximum Gasteiger partial charge on any atom is 0.416 e. The Kier molecular flexibility index (Phi) is 5.49. The molecule has 7 heteroatoms. The summed E-state index contributed by atoms with van der Waals surface area (Å²) in [5.74, 6) is 0.409. The fourth-order valence-electron chi connectivity index (χ4n) is 3.54. The summed E-state index contributed by atoms with van der Waals surface area (Å²) >= 11 is 1.47. The van der Waals surface area contributed by atoms with Crippen LogP contribution >= 0.6 is 11.3 Å². The van der Waals surface area contributed by atoms with E-state index >= 15 is 0 Å². The van der Waals surface area contributed by atoms with Crippen molar-refractivity contribution in [3.8, 4) is 5.75 Å². The zero-order valence-corrected chi connectivity index (χ0v) is 16.5. The van der Waals surface area contributed by atoms with E-state index in [9.17, 15) is 14.5 Å². The standard InChI is InChI=1S/C22H21F3N2OS/c23-22(24,25)17-6-8-18(9-7-17)28-13-3-11-27-12-10-16-4-1-2-5-19(16)21(27)20-14-26-15-29-20/h1-2,4-9,14-15,21H,3,10-13H2/i21D. The minimum atomic E-state index is -4.35. The molecule has 1 aliphatic heterocycles. The average molecular weight is 419 g/mol. The van der Waals surface area contributed by atoms with Gasteiger partial charge in [-0.1, -0.05) is 24.3 Å². The molecule has 0 saturated heterocycles. The second kappa shape index (κ2) is 8.55. The number of hydrogen-bond acceptors (Lipinski definition) is 4. The van der Waals surface area contributed by atoms with Gasteiger partial charge in [0.2, 0.25) is 0 Å². The van der Waals surface area contributed by atoms with Crippen molar-refractivity contribution >= 4 is 11.3 Å². The van der Waals surface area contributed by atoms with Gasteiger partial charge < -0.3 is 4.74 Å². The van der Waals surface area contributed by atoms with Gasteiger partial charge >= 0.3 is 6.18 Å². The largest absolute Gasteiger partial charge is 0.494 e. The van der Waals surface area contributed by atoms with Gasteiger partial charge in [-0.15, -0.1) is 11.3 Å². The molecule has 0 saturated carbocycles. The molecule has 0 spiro atoms. The van der Waals surface area contributed by atoms with E-state index in [0.29, 0.717) is 25.3 Å². The second-order valence-corrected chi connectivity index (χ2v) is 7.72. The second-order valence-electron chi connectivity index (χ2n) is 6.83. The lowest BCUT2D eigenvalue weighted by Gasteiger charge is -2.36. The van der Waals surface area contributed by atoms with Gasteiger partial charge in [0.25, 0.3) is 0 Å². The first-order chi connectivity index (χ1) is 14.4. The van der Waals surface area contributed by atoms with Gasteiger partial charge in [-0.3, -0.25) is 9.88 Å². The molecule has 4 rings (SSSR count). The maximum absolute atomic E-state index is 12.7. The van der Waals surface area contributed by atoms with E-state index in [1.165, 1.54) is 29.0 Å². The normalized spacial score (nSPS) is 20.2. The molecule has 0 bridgehead atoms. The Bertz CT molecular complexity index is 979. The van der Waals surface area contributed by atoms with Gasteiger partial charge in [-0.2, -0.15) is 13.2 Å². The molecular weight excluding hydrogens is 397 g/mol. The first-order valence-electron chi connectivity index (χ1n) is 9.91. The molecule has 1 atom stereocenters. The average Bonchev–Trinajstić information content (AvgIpc) is 3.28. The molecule has 1 aromatic heterocycles. The van der Waals surface area contributed by atoms with Crippen molar-refractivity contribution in [3.05, 3.63) is 81.8 Å². The number of thiazole rings is 1. The minimum Gasteiger partial charge on any atom is -0.494 e. The van der Waals surface area contributed by atoms with E-state index in [1.807, 2.05) is 18.2 Å². The lowest BCUT2D eigenvalue weighted by atomic mass is 9.92. The molecule has 3 nitrogen and oxygen atoms in total. The summed E-state index contributed by atoms with van der Waals surface area (Å²) in [4.78, 5) is 7.17. The molecule has 2 heterocycles. The number of fused-ring (bicyclic) bond motifs is 1. The molecule has 29 heavy (non-hydrogen) atoms.